The lowest BCUT2D eigenvalue weighted by atomic mass is 10.1. The van der Waals surface area contributed by atoms with Crippen molar-refractivity contribution in [2.24, 2.45) is 0 Å². The molecule has 0 radical (unpaired) electrons. The van der Waals surface area contributed by atoms with E-state index < -0.39 is 11.7 Å². The van der Waals surface area contributed by atoms with Gasteiger partial charge in [-0.05, 0) is 61.7 Å². The van der Waals surface area contributed by atoms with Gasteiger partial charge in [-0.25, -0.2) is 9.97 Å². The van der Waals surface area contributed by atoms with Gasteiger partial charge in [0, 0.05) is 17.8 Å². The average molecular weight is 401 g/mol. The molecule has 29 heavy (non-hydrogen) atoms. The molecule has 0 aliphatic carbocycles. The number of benzene rings is 2. The second-order valence-corrected chi connectivity index (χ2v) is 6.58. The van der Waals surface area contributed by atoms with Crippen molar-refractivity contribution < 1.29 is 17.9 Å². The molecule has 0 saturated heterocycles. The maximum absolute atomic E-state index is 12.6. The van der Waals surface area contributed by atoms with Gasteiger partial charge in [0.15, 0.2) is 0 Å². The van der Waals surface area contributed by atoms with Gasteiger partial charge in [-0.3, -0.25) is 0 Å². The molecular weight excluding hydrogens is 379 g/mol. The summed E-state index contributed by atoms with van der Waals surface area (Å²) in [6, 6.07) is 12.1. The van der Waals surface area contributed by atoms with Crippen LogP contribution in [0.15, 0.2) is 54.9 Å². The van der Waals surface area contributed by atoms with Crippen molar-refractivity contribution in [2.45, 2.75) is 32.9 Å². The summed E-state index contributed by atoms with van der Waals surface area (Å²) in [5, 5.41) is 3.35. The lowest BCUT2D eigenvalue weighted by Gasteiger charge is -2.12. The fourth-order valence-corrected chi connectivity index (χ4v) is 2.97. The Kier molecular flexibility index (Phi) is 6.36. The Labute approximate surface area is 167 Å². The number of halogens is 3. The van der Waals surface area contributed by atoms with E-state index in [1.807, 2.05) is 19.1 Å². The Morgan fingerprint density at radius 1 is 0.931 bits per heavy atom. The van der Waals surface area contributed by atoms with Gasteiger partial charge in [0.05, 0.1) is 5.56 Å². The first-order valence-corrected chi connectivity index (χ1v) is 9.35. The highest BCUT2D eigenvalue weighted by atomic mass is 19.4. The summed E-state index contributed by atoms with van der Waals surface area (Å²) >= 11 is 0. The molecule has 0 bridgehead atoms. The van der Waals surface area contributed by atoms with Gasteiger partial charge < -0.3 is 10.1 Å². The molecule has 4 nitrogen and oxygen atoms in total. The van der Waals surface area contributed by atoms with Crippen molar-refractivity contribution in [3.63, 3.8) is 0 Å². The summed E-state index contributed by atoms with van der Waals surface area (Å²) in [7, 11) is 0. The molecule has 1 N–H and O–H groups in total. The number of hydrogen-bond donors (Lipinski definition) is 1. The van der Waals surface area contributed by atoms with E-state index in [0.29, 0.717) is 11.5 Å². The smallest absolute Gasteiger partial charge is 0.416 e. The lowest BCUT2D eigenvalue weighted by molar-refractivity contribution is -0.137. The molecule has 3 aromatic rings. The lowest BCUT2D eigenvalue weighted by Crippen LogP contribution is -2.10. The van der Waals surface area contributed by atoms with Crippen molar-refractivity contribution in [1.29, 1.82) is 0 Å². The van der Waals surface area contributed by atoms with Gasteiger partial charge in [-0.2, -0.15) is 13.2 Å². The number of alkyl halides is 3. The van der Waals surface area contributed by atoms with Crippen LogP contribution in [0.5, 0.6) is 11.5 Å². The first kappa shape index (κ1) is 20.6. The normalized spacial score (nSPS) is 11.3. The molecule has 1 aromatic heterocycles. The fourth-order valence-electron chi connectivity index (χ4n) is 2.97. The van der Waals surface area contributed by atoms with E-state index in [2.05, 4.69) is 22.2 Å². The number of nitrogens with zero attached hydrogens (tertiary/aromatic N) is 2. The van der Waals surface area contributed by atoms with Crippen LogP contribution in [0.4, 0.5) is 19.0 Å². The largest absolute Gasteiger partial charge is 0.457 e. The van der Waals surface area contributed by atoms with Crippen molar-refractivity contribution in [1.82, 2.24) is 9.97 Å². The van der Waals surface area contributed by atoms with Gasteiger partial charge in [-0.15, -0.1) is 0 Å². The van der Waals surface area contributed by atoms with E-state index in [4.69, 9.17) is 4.74 Å². The van der Waals surface area contributed by atoms with Crippen molar-refractivity contribution in [3.05, 3.63) is 77.2 Å². The molecular formula is C22H22F3N3O. The second kappa shape index (κ2) is 8.94. The van der Waals surface area contributed by atoms with Crippen LogP contribution in [0.1, 0.15) is 29.3 Å². The van der Waals surface area contributed by atoms with Crippen molar-refractivity contribution in [3.8, 4) is 11.5 Å². The molecule has 0 saturated carbocycles. The fraction of sp³-hybridized carbons (Fsp3) is 0.273. The molecule has 152 valence electrons. The van der Waals surface area contributed by atoms with Crippen LogP contribution in [0.2, 0.25) is 0 Å². The van der Waals surface area contributed by atoms with Gasteiger partial charge in [0.2, 0.25) is 0 Å². The zero-order valence-electron chi connectivity index (χ0n) is 16.3. The number of ether oxygens (including phenoxy) is 1. The van der Waals surface area contributed by atoms with E-state index in [0.717, 1.165) is 54.2 Å². The van der Waals surface area contributed by atoms with E-state index in [-0.39, 0.29) is 0 Å². The number of hydrogen-bond acceptors (Lipinski definition) is 4. The first-order chi connectivity index (χ1) is 13.9. The third-order valence-corrected chi connectivity index (χ3v) is 4.56. The number of nitrogens with one attached hydrogen (secondary N) is 1. The number of rotatable bonds is 7. The minimum Gasteiger partial charge on any atom is -0.457 e. The van der Waals surface area contributed by atoms with Gasteiger partial charge >= 0.3 is 6.18 Å². The molecule has 3 rings (SSSR count). The maximum Gasteiger partial charge on any atom is 0.416 e. The molecule has 1 heterocycles. The highest BCUT2D eigenvalue weighted by molar-refractivity contribution is 5.45. The zero-order valence-corrected chi connectivity index (χ0v) is 16.3. The predicted molar refractivity (Wildman–Crippen MR) is 106 cm³/mol. The Balaban J connectivity index is 1.55. The van der Waals surface area contributed by atoms with Gasteiger partial charge in [0.1, 0.15) is 23.6 Å². The van der Waals surface area contributed by atoms with Crippen LogP contribution in [0.3, 0.4) is 0 Å². The van der Waals surface area contributed by atoms with E-state index in [9.17, 15) is 13.2 Å². The summed E-state index contributed by atoms with van der Waals surface area (Å²) in [6.45, 7) is 4.77. The third-order valence-electron chi connectivity index (χ3n) is 4.56. The minimum atomic E-state index is -4.35. The van der Waals surface area contributed by atoms with Crippen LogP contribution < -0.4 is 10.1 Å². The quantitative estimate of drug-likeness (QED) is 0.542. The molecule has 0 amide bonds. The van der Waals surface area contributed by atoms with Crippen LogP contribution in [0, 0.1) is 6.92 Å². The standard InChI is InChI=1S/C22H22F3N3O/c1-3-20-15(2)27-14-28-21(20)26-13-12-16-4-8-18(9-5-16)29-19-10-6-17(7-11-19)22(23,24)25/h4-11,14H,3,12-13H2,1-2H3,(H,26,27,28). The van der Waals surface area contributed by atoms with Gasteiger partial charge in [-0.1, -0.05) is 19.1 Å². The predicted octanol–water partition coefficient (Wildman–Crippen LogP) is 5.81. The Hall–Kier alpha value is -3.09. The van der Waals surface area contributed by atoms with E-state index >= 15 is 0 Å². The Bertz CT molecular complexity index is 939. The average Bonchev–Trinajstić information content (AvgIpc) is 2.69. The SMILES string of the molecule is CCc1c(C)ncnc1NCCc1ccc(Oc2ccc(C(F)(F)F)cc2)cc1. The Morgan fingerprint density at radius 3 is 2.14 bits per heavy atom. The molecule has 0 atom stereocenters. The first-order valence-electron chi connectivity index (χ1n) is 9.35. The third kappa shape index (κ3) is 5.47. The van der Waals surface area contributed by atoms with E-state index in [1.165, 1.54) is 12.1 Å². The van der Waals surface area contributed by atoms with Crippen LogP contribution in [-0.2, 0) is 19.0 Å². The number of anilines is 1. The number of aryl methyl sites for hydroxylation is 1. The molecule has 0 unspecified atom stereocenters. The zero-order chi connectivity index (χ0) is 20.9. The number of aromatic nitrogens is 2. The highest BCUT2D eigenvalue weighted by Crippen LogP contribution is 2.31. The maximum atomic E-state index is 12.6. The summed E-state index contributed by atoms with van der Waals surface area (Å²) in [5.41, 5.74) is 2.52. The highest BCUT2D eigenvalue weighted by Gasteiger charge is 2.30. The Morgan fingerprint density at radius 2 is 1.55 bits per heavy atom. The molecule has 2 aromatic carbocycles. The summed E-state index contributed by atoms with van der Waals surface area (Å²) in [5.74, 6) is 1.79. The summed E-state index contributed by atoms with van der Waals surface area (Å²) < 4.78 is 43.4. The van der Waals surface area contributed by atoms with E-state index in [1.54, 1.807) is 18.5 Å². The molecule has 0 aliphatic heterocycles. The molecule has 0 fully saturated rings. The van der Waals surface area contributed by atoms with Crippen LogP contribution >= 0.6 is 0 Å². The van der Waals surface area contributed by atoms with Crippen LogP contribution in [-0.4, -0.2) is 16.5 Å². The topological polar surface area (TPSA) is 47.0 Å². The van der Waals surface area contributed by atoms with Crippen LogP contribution in [0.25, 0.3) is 0 Å². The summed E-state index contributed by atoms with van der Waals surface area (Å²) in [6.07, 6.45) is -1.13. The van der Waals surface area contributed by atoms with Gasteiger partial charge in [0.25, 0.3) is 0 Å². The van der Waals surface area contributed by atoms with Crippen molar-refractivity contribution in [2.75, 3.05) is 11.9 Å². The second-order valence-electron chi connectivity index (χ2n) is 6.58. The molecule has 7 heteroatoms. The van der Waals surface area contributed by atoms with Crippen molar-refractivity contribution >= 4 is 5.82 Å². The molecule has 0 spiro atoms. The molecule has 0 aliphatic rings. The monoisotopic (exact) mass is 401 g/mol. The summed E-state index contributed by atoms with van der Waals surface area (Å²) in [4.78, 5) is 8.53. The minimum absolute atomic E-state index is 0.360.